The molecule has 0 radical (unpaired) electrons. The van der Waals surface area contributed by atoms with Gasteiger partial charge in [0, 0.05) is 24.5 Å². The Labute approximate surface area is 192 Å². The Morgan fingerprint density at radius 3 is 2.61 bits per heavy atom. The summed E-state index contributed by atoms with van der Waals surface area (Å²) in [6, 6.07) is 4.30. The lowest BCUT2D eigenvalue weighted by Gasteiger charge is -2.25. The molecule has 4 N–H and O–H groups in total. The molecule has 10 heteroatoms. The zero-order chi connectivity index (χ0) is 22.8. The summed E-state index contributed by atoms with van der Waals surface area (Å²) >= 11 is 11.9. The van der Waals surface area contributed by atoms with Gasteiger partial charge in [-0.25, -0.2) is 10.3 Å². The Kier molecular flexibility index (Phi) is 10.4. The first-order valence-electron chi connectivity index (χ1n) is 10.5. The van der Waals surface area contributed by atoms with Gasteiger partial charge in [0.1, 0.15) is 6.54 Å². The number of benzene rings is 1. The van der Waals surface area contributed by atoms with Gasteiger partial charge >= 0.3 is 6.03 Å². The lowest BCUT2D eigenvalue weighted by Crippen LogP contribution is -2.42. The molecule has 8 nitrogen and oxygen atoms in total. The minimum absolute atomic E-state index is 0.153. The number of urea groups is 1. The molecule has 0 spiro atoms. The van der Waals surface area contributed by atoms with Crippen LogP contribution in [0.2, 0.25) is 10.0 Å². The lowest BCUT2D eigenvalue weighted by molar-refractivity contribution is -0.140. The zero-order valence-electron chi connectivity index (χ0n) is 17.6. The van der Waals surface area contributed by atoms with Crippen molar-refractivity contribution in [3.05, 3.63) is 28.2 Å². The van der Waals surface area contributed by atoms with Crippen molar-refractivity contribution in [2.24, 2.45) is 11.8 Å². The highest BCUT2D eigenvalue weighted by Gasteiger charge is 2.22. The van der Waals surface area contributed by atoms with E-state index in [1.54, 1.807) is 23.7 Å². The normalized spacial score (nSPS) is 14.7. The van der Waals surface area contributed by atoms with E-state index in [0.717, 1.165) is 19.3 Å². The fraction of sp³-hybridized carbons (Fsp3) is 0.571. The van der Waals surface area contributed by atoms with Crippen molar-refractivity contribution < 1.29 is 19.6 Å². The molecule has 172 valence electrons. The number of hydroxylamine groups is 1. The topological polar surface area (TPSA) is 111 Å². The average Bonchev–Trinajstić information content (AvgIpc) is 3.25. The van der Waals surface area contributed by atoms with Crippen LogP contribution in [0.4, 0.5) is 10.5 Å². The first kappa shape index (κ1) is 25.2. The summed E-state index contributed by atoms with van der Waals surface area (Å²) in [5.74, 6) is -0.384. The van der Waals surface area contributed by atoms with Crippen molar-refractivity contribution >= 4 is 46.7 Å². The highest BCUT2D eigenvalue weighted by atomic mass is 35.5. The second kappa shape index (κ2) is 12.7. The largest absolute Gasteiger partial charge is 0.338 e. The SMILES string of the molecule is CC(CNC(=O)Nc1cc(Cl)ccc1Cl)CC(=O)N(CCC1CCCC1)CC(=O)NO. The molecule has 1 aromatic rings. The maximum absolute atomic E-state index is 12.7. The molecule has 1 aliphatic rings. The van der Waals surface area contributed by atoms with Gasteiger partial charge in [-0.1, -0.05) is 55.8 Å². The van der Waals surface area contributed by atoms with E-state index >= 15 is 0 Å². The van der Waals surface area contributed by atoms with Crippen LogP contribution in [0.5, 0.6) is 0 Å². The first-order chi connectivity index (χ1) is 14.8. The Bertz CT molecular complexity index is 772. The second-order valence-corrected chi connectivity index (χ2v) is 8.90. The van der Waals surface area contributed by atoms with Gasteiger partial charge in [0.15, 0.2) is 0 Å². The third-order valence-electron chi connectivity index (χ3n) is 5.40. The zero-order valence-corrected chi connectivity index (χ0v) is 19.1. The van der Waals surface area contributed by atoms with Crippen LogP contribution in [-0.2, 0) is 9.59 Å². The van der Waals surface area contributed by atoms with E-state index in [2.05, 4.69) is 10.6 Å². The summed E-state index contributed by atoms with van der Waals surface area (Å²) in [6.45, 7) is 2.39. The molecule has 31 heavy (non-hydrogen) atoms. The number of hydrogen-bond acceptors (Lipinski definition) is 4. The summed E-state index contributed by atoms with van der Waals surface area (Å²) in [5, 5.41) is 15.0. The maximum atomic E-state index is 12.7. The van der Waals surface area contributed by atoms with Gasteiger partial charge in [-0.2, -0.15) is 0 Å². The predicted octanol–water partition coefficient (Wildman–Crippen LogP) is 4.06. The molecule has 1 aromatic carbocycles. The van der Waals surface area contributed by atoms with Gasteiger partial charge in [0.05, 0.1) is 10.7 Å². The molecular formula is C21H30Cl2N4O4. The minimum atomic E-state index is -0.622. The molecule has 1 unspecified atom stereocenters. The smallest absolute Gasteiger partial charge is 0.319 e. The van der Waals surface area contributed by atoms with Crippen molar-refractivity contribution in [3.63, 3.8) is 0 Å². The Hall–Kier alpha value is -2.03. The summed E-state index contributed by atoms with van der Waals surface area (Å²) in [4.78, 5) is 38.0. The molecule has 1 fully saturated rings. The number of nitrogens with zero attached hydrogens (tertiary/aromatic N) is 1. The molecule has 1 saturated carbocycles. The van der Waals surface area contributed by atoms with Crippen LogP contribution in [-0.4, -0.2) is 47.6 Å². The van der Waals surface area contributed by atoms with Gasteiger partial charge in [-0.3, -0.25) is 14.8 Å². The molecule has 0 saturated heterocycles. The quantitative estimate of drug-likeness (QED) is 0.304. The third-order valence-corrected chi connectivity index (χ3v) is 5.97. The first-order valence-corrected chi connectivity index (χ1v) is 11.2. The third kappa shape index (κ3) is 8.93. The van der Waals surface area contributed by atoms with E-state index in [0.29, 0.717) is 28.2 Å². The van der Waals surface area contributed by atoms with Gasteiger partial charge in [0.25, 0.3) is 5.91 Å². The fourth-order valence-electron chi connectivity index (χ4n) is 3.66. The van der Waals surface area contributed by atoms with Crippen LogP contribution >= 0.6 is 23.2 Å². The summed E-state index contributed by atoms with van der Waals surface area (Å²) in [5.41, 5.74) is 1.98. The fourth-order valence-corrected chi connectivity index (χ4v) is 4.00. The number of carbonyl (C=O) groups excluding carboxylic acids is 3. The number of amides is 4. The van der Waals surface area contributed by atoms with E-state index in [1.807, 2.05) is 6.92 Å². The molecule has 2 rings (SSSR count). The van der Waals surface area contributed by atoms with Crippen molar-refractivity contribution in [3.8, 4) is 0 Å². The van der Waals surface area contributed by atoms with E-state index in [9.17, 15) is 14.4 Å². The Morgan fingerprint density at radius 2 is 1.94 bits per heavy atom. The summed E-state index contributed by atoms with van der Waals surface area (Å²) in [7, 11) is 0. The number of nitrogens with one attached hydrogen (secondary N) is 3. The average molecular weight is 473 g/mol. The van der Waals surface area contributed by atoms with E-state index in [-0.39, 0.29) is 31.3 Å². The van der Waals surface area contributed by atoms with Crippen LogP contribution in [0.1, 0.15) is 45.4 Å². The van der Waals surface area contributed by atoms with Gasteiger partial charge < -0.3 is 15.5 Å². The van der Waals surface area contributed by atoms with Crippen molar-refractivity contribution in [2.45, 2.75) is 45.4 Å². The minimum Gasteiger partial charge on any atom is -0.338 e. The summed E-state index contributed by atoms with van der Waals surface area (Å²) in [6.07, 6.45) is 5.74. The molecule has 4 amide bonds. The van der Waals surface area contributed by atoms with Crippen LogP contribution in [0.15, 0.2) is 18.2 Å². The number of anilines is 1. The van der Waals surface area contributed by atoms with Crippen molar-refractivity contribution in [2.75, 3.05) is 25.0 Å². The monoisotopic (exact) mass is 472 g/mol. The van der Waals surface area contributed by atoms with E-state index in [4.69, 9.17) is 28.4 Å². The van der Waals surface area contributed by atoms with E-state index in [1.165, 1.54) is 17.7 Å². The van der Waals surface area contributed by atoms with Crippen molar-refractivity contribution in [1.82, 2.24) is 15.7 Å². The molecule has 0 aliphatic heterocycles. The van der Waals surface area contributed by atoms with E-state index < -0.39 is 11.9 Å². The predicted molar refractivity (Wildman–Crippen MR) is 120 cm³/mol. The Balaban J connectivity index is 1.81. The molecule has 0 aromatic heterocycles. The van der Waals surface area contributed by atoms with Crippen molar-refractivity contribution in [1.29, 1.82) is 0 Å². The Morgan fingerprint density at radius 1 is 1.23 bits per heavy atom. The molecular weight excluding hydrogens is 443 g/mol. The molecule has 1 aliphatic carbocycles. The lowest BCUT2D eigenvalue weighted by atomic mass is 10.0. The molecule has 0 heterocycles. The highest BCUT2D eigenvalue weighted by Crippen LogP contribution is 2.28. The standard InChI is InChI=1S/C21H30Cl2N4O4/c1-14(12-24-21(30)25-18-11-16(22)6-7-17(18)23)10-20(29)27(13-19(28)26-31)9-8-15-4-2-3-5-15/h6-7,11,14-15,31H,2-5,8-10,12-13H2,1H3,(H,26,28)(H2,24,25,30). The van der Waals surface area contributed by atoms with Gasteiger partial charge in [-0.05, 0) is 36.5 Å². The highest BCUT2D eigenvalue weighted by molar-refractivity contribution is 6.35. The number of halogens is 2. The van der Waals surface area contributed by atoms with Crippen LogP contribution in [0.3, 0.4) is 0 Å². The van der Waals surface area contributed by atoms with Gasteiger partial charge in [-0.15, -0.1) is 0 Å². The van der Waals surface area contributed by atoms with Crippen LogP contribution < -0.4 is 16.1 Å². The number of hydrogen-bond donors (Lipinski definition) is 4. The number of carbonyl (C=O) groups is 3. The maximum Gasteiger partial charge on any atom is 0.319 e. The molecule has 0 bridgehead atoms. The van der Waals surface area contributed by atoms with Crippen LogP contribution in [0, 0.1) is 11.8 Å². The molecule has 1 atom stereocenters. The second-order valence-electron chi connectivity index (χ2n) is 8.06. The number of rotatable bonds is 10. The van der Waals surface area contributed by atoms with Crippen LogP contribution in [0.25, 0.3) is 0 Å². The van der Waals surface area contributed by atoms with Gasteiger partial charge in [0.2, 0.25) is 5.91 Å². The summed E-state index contributed by atoms with van der Waals surface area (Å²) < 4.78 is 0.